The quantitative estimate of drug-likeness (QED) is 0.632. The largest absolute Gasteiger partial charge is 0.378 e. The van der Waals surface area contributed by atoms with Gasteiger partial charge >= 0.3 is 0 Å². The fraction of sp³-hybridized carbons (Fsp3) is 0.500. The second-order valence-corrected chi connectivity index (χ2v) is 8.93. The number of rotatable bonds is 2. The zero-order valence-corrected chi connectivity index (χ0v) is 17.6. The van der Waals surface area contributed by atoms with Crippen molar-refractivity contribution in [3.05, 3.63) is 46.8 Å². The number of pyridine rings is 1. The summed E-state index contributed by atoms with van der Waals surface area (Å²) in [6.07, 6.45) is 2.14. The lowest BCUT2D eigenvalue weighted by Gasteiger charge is -2.43. The number of nitrogens with zero attached hydrogens (tertiary/aromatic N) is 7. The molecule has 1 saturated heterocycles. The van der Waals surface area contributed by atoms with E-state index in [9.17, 15) is 9.65 Å². The standard InChI is InChI=1S/C22H24FN7O/c1-13-5-17-19(9-28(13)16-11-31-12-16)26-29-14(2)8-27(10-21(17)29)20-4-3-15(6-24)30-22(20)18(23)7-25-30/h3-4,7,13-14,16H,5,8-12H2,1-2H3/t13-,14+/m0/s1. The first kappa shape index (κ1) is 18.8. The Hall–Kier alpha value is -2.96. The number of hydrogen-bond acceptors (Lipinski definition) is 6. The van der Waals surface area contributed by atoms with Crippen molar-refractivity contribution in [2.24, 2.45) is 0 Å². The highest BCUT2D eigenvalue weighted by Gasteiger charge is 2.38. The van der Waals surface area contributed by atoms with Gasteiger partial charge in [0.1, 0.15) is 17.3 Å². The van der Waals surface area contributed by atoms with E-state index in [4.69, 9.17) is 9.84 Å². The lowest BCUT2D eigenvalue weighted by Crippen LogP contribution is -2.54. The van der Waals surface area contributed by atoms with Crippen LogP contribution in [0.3, 0.4) is 0 Å². The predicted octanol–water partition coefficient (Wildman–Crippen LogP) is 2.27. The van der Waals surface area contributed by atoms with E-state index in [1.165, 1.54) is 22.0 Å². The van der Waals surface area contributed by atoms with E-state index in [1.807, 2.05) is 6.07 Å². The third kappa shape index (κ3) is 2.71. The third-order valence-electron chi connectivity index (χ3n) is 6.98. The van der Waals surface area contributed by atoms with Crippen LogP contribution in [0.5, 0.6) is 0 Å². The Morgan fingerprint density at radius 1 is 1.19 bits per heavy atom. The van der Waals surface area contributed by atoms with Crippen molar-refractivity contribution in [3.63, 3.8) is 0 Å². The molecular weight excluding hydrogens is 397 g/mol. The van der Waals surface area contributed by atoms with Crippen molar-refractivity contribution in [2.75, 3.05) is 24.7 Å². The van der Waals surface area contributed by atoms with Crippen LogP contribution in [0.1, 0.15) is 42.5 Å². The molecule has 6 rings (SSSR count). The van der Waals surface area contributed by atoms with Crippen LogP contribution >= 0.6 is 0 Å². The Bertz CT molecular complexity index is 1220. The van der Waals surface area contributed by atoms with Crippen molar-refractivity contribution in [3.8, 4) is 6.07 Å². The monoisotopic (exact) mass is 421 g/mol. The van der Waals surface area contributed by atoms with E-state index in [-0.39, 0.29) is 6.04 Å². The summed E-state index contributed by atoms with van der Waals surface area (Å²) in [6, 6.07) is 6.73. The summed E-state index contributed by atoms with van der Waals surface area (Å²) in [5.41, 5.74) is 5.15. The number of anilines is 1. The first-order valence-electron chi connectivity index (χ1n) is 10.8. The maximum Gasteiger partial charge on any atom is 0.171 e. The topological polar surface area (TPSA) is 74.6 Å². The summed E-state index contributed by atoms with van der Waals surface area (Å²) in [5.74, 6) is -0.409. The minimum absolute atomic E-state index is 0.159. The maximum atomic E-state index is 14.6. The first-order valence-corrected chi connectivity index (χ1v) is 10.8. The molecule has 160 valence electrons. The Balaban J connectivity index is 1.39. The van der Waals surface area contributed by atoms with Crippen molar-refractivity contribution in [1.82, 2.24) is 24.3 Å². The van der Waals surface area contributed by atoms with Crippen LogP contribution in [0.4, 0.5) is 10.1 Å². The number of halogens is 1. The lowest BCUT2D eigenvalue weighted by atomic mass is 9.95. The van der Waals surface area contributed by atoms with E-state index in [2.05, 4.69) is 39.5 Å². The van der Waals surface area contributed by atoms with Crippen LogP contribution in [0.25, 0.3) is 5.52 Å². The molecule has 0 bridgehead atoms. The second kappa shape index (κ2) is 6.77. The van der Waals surface area contributed by atoms with Gasteiger partial charge in [-0.15, -0.1) is 0 Å². The van der Waals surface area contributed by atoms with Gasteiger partial charge in [0.2, 0.25) is 0 Å². The van der Waals surface area contributed by atoms with Gasteiger partial charge in [-0.2, -0.15) is 15.5 Å². The second-order valence-electron chi connectivity index (χ2n) is 8.93. The fourth-order valence-electron chi connectivity index (χ4n) is 5.31. The molecule has 3 aliphatic heterocycles. The summed E-state index contributed by atoms with van der Waals surface area (Å²) in [4.78, 5) is 4.71. The molecule has 2 atom stereocenters. The molecule has 0 spiro atoms. The number of fused-ring (bicyclic) bond motifs is 4. The Labute approximate surface area is 179 Å². The van der Waals surface area contributed by atoms with Gasteiger partial charge in [-0.3, -0.25) is 9.58 Å². The molecule has 0 radical (unpaired) electrons. The van der Waals surface area contributed by atoms with Gasteiger partial charge in [0, 0.05) is 24.7 Å². The summed E-state index contributed by atoms with van der Waals surface area (Å²) in [6.45, 7) is 8.29. The highest BCUT2D eigenvalue weighted by molar-refractivity contribution is 5.75. The number of nitriles is 1. The molecule has 0 aliphatic carbocycles. The highest BCUT2D eigenvalue weighted by Crippen LogP contribution is 2.36. The molecule has 0 unspecified atom stereocenters. The Kier molecular flexibility index (Phi) is 4.10. The molecule has 8 nitrogen and oxygen atoms in total. The van der Waals surface area contributed by atoms with Gasteiger partial charge in [-0.05, 0) is 32.4 Å². The lowest BCUT2D eigenvalue weighted by molar-refractivity contribution is -0.0836. The SMILES string of the molecule is C[C@@H]1CN(c2ccc(C#N)n3ncc(F)c23)Cc2c3c(nn21)CN(C1COC1)[C@@H](C)C3. The maximum absolute atomic E-state index is 14.6. The van der Waals surface area contributed by atoms with Gasteiger partial charge in [0.25, 0.3) is 0 Å². The molecular formula is C22H24FN7O. The van der Waals surface area contributed by atoms with Crippen LogP contribution in [-0.2, 0) is 24.2 Å². The number of hydrogen-bond donors (Lipinski definition) is 0. The first-order chi connectivity index (χ1) is 15.0. The molecule has 0 N–H and O–H groups in total. The molecule has 0 saturated carbocycles. The van der Waals surface area contributed by atoms with Crippen LogP contribution in [0, 0.1) is 17.1 Å². The van der Waals surface area contributed by atoms with E-state index in [0.717, 1.165) is 44.1 Å². The summed E-state index contributed by atoms with van der Waals surface area (Å²) >= 11 is 0. The smallest absolute Gasteiger partial charge is 0.171 e. The minimum atomic E-state index is -0.409. The predicted molar refractivity (Wildman–Crippen MR) is 111 cm³/mol. The van der Waals surface area contributed by atoms with Gasteiger partial charge in [0.15, 0.2) is 5.82 Å². The molecule has 3 aromatic heterocycles. The van der Waals surface area contributed by atoms with E-state index in [0.29, 0.717) is 29.8 Å². The normalized spacial score (nSPS) is 24.0. The Morgan fingerprint density at radius 2 is 2.03 bits per heavy atom. The number of ether oxygens (including phenoxy) is 1. The average Bonchev–Trinajstić information content (AvgIpc) is 3.28. The van der Waals surface area contributed by atoms with E-state index in [1.54, 1.807) is 6.07 Å². The fourth-order valence-corrected chi connectivity index (χ4v) is 5.31. The third-order valence-corrected chi connectivity index (χ3v) is 6.98. The zero-order valence-electron chi connectivity index (χ0n) is 17.6. The molecule has 31 heavy (non-hydrogen) atoms. The van der Waals surface area contributed by atoms with Gasteiger partial charge in [-0.1, -0.05) is 0 Å². The van der Waals surface area contributed by atoms with Crippen molar-refractivity contribution < 1.29 is 9.13 Å². The van der Waals surface area contributed by atoms with E-state index >= 15 is 0 Å². The summed E-state index contributed by atoms with van der Waals surface area (Å²) in [7, 11) is 0. The average molecular weight is 421 g/mol. The highest BCUT2D eigenvalue weighted by atomic mass is 19.1. The Morgan fingerprint density at radius 3 is 2.77 bits per heavy atom. The number of aromatic nitrogens is 4. The molecule has 9 heteroatoms. The van der Waals surface area contributed by atoms with Crippen LogP contribution in [0.15, 0.2) is 18.3 Å². The van der Waals surface area contributed by atoms with Crippen LogP contribution in [0.2, 0.25) is 0 Å². The van der Waals surface area contributed by atoms with Crippen molar-refractivity contribution >= 4 is 11.2 Å². The van der Waals surface area contributed by atoms with E-state index < -0.39 is 5.82 Å². The van der Waals surface area contributed by atoms with Gasteiger partial charge in [-0.25, -0.2) is 8.91 Å². The molecule has 6 heterocycles. The summed E-state index contributed by atoms with van der Waals surface area (Å²) < 4.78 is 23.6. The van der Waals surface area contributed by atoms with Gasteiger partial charge < -0.3 is 9.64 Å². The molecule has 0 aromatic carbocycles. The molecule has 1 fully saturated rings. The molecule has 0 amide bonds. The van der Waals surface area contributed by atoms with Crippen molar-refractivity contribution in [1.29, 1.82) is 5.26 Å². The zero-order chi connectivity index (χ0) is 21.3. The minimum Gasteiger partial charge on any atom is -0.378 e. The van der Waals surface area contributed by atoms with Gasteiger partial charge in [0.05, 0.1) is 55.1 Å². The molecule has 3 aromatic rings. The van der Waals surface area contributed by atoms with Crippen molar-refractivity contribution in [2.45, 2.75) is 51.5 Å². The van der Waals surface area contributed by atoms with Crippen LogP contribution in [-0.4, -0.2) is 56.1 Å². The van der Waals surface area contributed by atoms with Crippen LogP contribution < -0.4 is 4.90 Å². The molecule has 3 aliphatic rings. The summed E-state index contributed by atoms with van der Waals surface area (Å²) in [5, 5.41) is 18.4.